The normalized spacial score (nSPS) is 18.6. The van der Waals surface area contributed by atoms with E-state index in [0.29, 0.717) is 24.8 Å². The molecule has 106 valence electrons. The number of carbonyl (C=O) groups excluding carboxylic acids is 1. The Labute approximate surface area is 111 Å². The Bertz CT molecular complexity index is 240. The molecule has 1 heterocycles. The van der Waals surface area contributed by atoms with Gasteiger partial charge in [-0.25, -0.2) is 0 Å². The average molecular weight is 256 g/mol. The number of nitrogens with two attached hydrogens (primary N) is 1. The zero-order chi connectivity index (χ0) is 13.4. The number of nitrogens with zero attached hydrogens (tertiary/aromatic N) is 1. The predicted molar refractivity (Wildman–Crippen MR) is 73.2 cm³/mol. The summed E-state index contributed by atoms with van der Waals surface area (Å²) in [6.07, 6.45) is 4.79. The highest BCUT2D eigenvalue weighted by Crippen LogP contribution is 2.17. The largest absolute Gasteiger partial charge is 0.381 e. The number of carbonyl (C=O) groups is 1. The van der Waals surface area contributed by atoms with Crippen LogP contribution in [0.2, 0.25) is 0 Å². The van der Waals surface area contributed by atoms with Crippen LogP contribution in [-0.2, 0) is 9.53 Å². The van der Waals surface area contributed by atoms with Crippen LogP contribution in [0.4, 0.5) is 0 Å². The average Bonchev–Trinajstić information content (AvgIpc) is 2.37. The monoisotopic (exact) mass is 256 g/mol. The summed E-state index contributed by atoms with van der Waals surface area (Å²) < 4.78 is 5.33. The van der Waals surface area contributed by atoms with Crippen LogP contribution in [0.1, 0.15) is 39.0 Å². The molecule has 1 saturated heterocycles. The summed E-state index contributed by atoms with van der Waals surface area (Å²) in [5, 5.41) is 0. The van der Waals surface area contributed by atoms with Crippen molar-refractivity contribution in [2.45, 2.75) is 39.0 Å². The van der Waals surface area contributed by atoms with Gasteiger partial charge in [0.25, 0.3) is 0 Å². The van der Waals surface area contributed by atoms with Gasteiger partial charge in [-0.3, -0.25) is 4.79 Å². The first-order valence-corrected chi connectivity index (χ1v) is 7.15. The van der Waals surface area contributed by atoms with Gasteiger partial charge in [0.05, 0.1) is 0 Å². The van der Waals surface area contributed by atoms with Crippen molar-refractivity contribution in [3.8, 4) is 0 Å². The standard InChI is InChI=1S/C14H28N2O2/c1-12(5-8-15)3-4-14(17)16(2)11-13-6-9-18-10-7-13/h12-13H,3-11,15H2,1-2H3. The number of rotatable bonds is 7. The maximum absolute atomic E-state index is 12.0. The van der Waals surface area contributed by atoms with Gasteiger partial charge in [-0.15, -0.1) is 0 Å². The van der Waals surface area contributed by atoms with Crippen molar-refractivity contribution >= 4 is 5.91 Å². The van der Waals surface area contributed by atoms with Crippen molar-refractivity contribution in [2.75, 3.05) is 33.4 Å². The van der Waals surface area contributed by atoms with Gasteiger partial charge in [-0.2, -0.15) is 0 Å². The van der Waals surface area contributed by atoms with Crippen molar-refractivity contribution in [3.05, 3.63) is 0 Å². The molecule has 18 heavy (non-hydrogen) atoms. The molecular formula is C14H28N2O2. The molecule has 0 spiro atoms. The molecule has 4 heteroatoms. The highest BCUT2D eigenvalue weighted by molar-refractivity contribution is 5.75. The van der Waals surface area contributed by atoms with Crippen LogP contribution in [0.5, 0.6) is 0 Å². The van der Waals surface area contributed by atoms with E-state index in [1.54, 1.807) is 0 Å². The molecule has 4 nitrogen and oxygen atoms in total. The first-order valence-electron chi connectivity index (χ1n) is 7.15. The highest BCUT2D eigenvalue weighted by Gasteiger charge is 2.18. The van der Waals surface area contributed by atoms with Crippen LogP contribution in [0.3, 0.4) is 0 Å². The van der Waals surface area contributed by atoms with E-state index in [0.717, 1.165) is 45.4 Å². The molecule has 1 amide bonds. The molecule has 1 unspecified atom stereocenters. The number of hydrogen-bond acceptors (Lipinski definition) is 3. The van der Waals surface area contributed by atoms with Gasteiger partial charge in [0.15, 0.2) is 0 Å². The van der Waals surface area contributed by atoms with E-state index in [4.69, 9.17) is 10.5 Å². The van der Waals surface area contributed by atoms with Crippen molar-refractivity contribution in [2.24, 2.45) is 17.6 Å². The third-order valence-corrected chi connectivity index (χ3v) is 3.81. The summed E-state index contributed by atoms with van der Waals surface area (Å²) in [6, 6.07) is 0. The molecule has 2 N–H and O–H groups in total. The van der Waals surface area contributed by atoms with E-state index in [1.165, 1.54) is 0 Å². The lowest BCUT2D eigenvalue weighted by atomic mass is 9.99. The van der Waals surface area contributed by atoms with E-state index in [1.807, 2.05) is 11.9 Å². The Morgan fingerprint density at radius 1 is 1.39 bits per heavy atom. The van der Waals surface area contributed by atoms with Gasteiger partial charge in [0.1, 0.15) is 0 Å². The topological polar surface area (TPSA) is 55.6 Å². The molecule has 0 aliphatic carbocycles. The van der Waals surface area contributed by atoms with Crippen molar-refractivity contribution < 1.29 is 9.53 Å². The Morgan fingerprint density at radius 3 is 2.67 bits per heavy atom. The van der Waals surface area contributed by atoms with Crippen LogP contribution in [-0.4, -0.2) is 44.2 Å². The zero-order valence-corrected chi connectivity index (χ0v) is 11.9. The molecule has 0 aromatic carbocycles. The molecular weight excluding hydrogens is 228 g/mol. The van der Waals surface area contributed by atoms with Gasteiger partial charge < -0.3 is 15.4 Å². The lowest BCUT2D eigenvalue weighted by Gasteiger charge is -2.27. The number of amides is 1. The van der Waals surface area contributed by atoms with Gasteiger partial charge in [-0.05, 0) is 44.1 Å². The fourth-order valence-corrected chi connectivity index (χ4v) is 2.41. The lowest BCUT2D eigenvalue weighted by molar-refractivity contribution is -0.131. The van der Waals surface area contributed by atoms with Gasteiger partial charge >= 0.3 is 0 Å². The molecule has 0 bridgehead atoms. The summed E-state index contributed by atoms with van der Waals surface area (Å²) in [5.74, 6) is 1.44. The fourth-order valence-electron chi connectivity index (χ4n) is 2.41. The number of ether oxygens (including phenoxy) is 1. The van der Waals surface area contributed by atoms with Crippen LogP contribution in [0, 0.1) is 11.8 Å². The van der Waals surface area contributed by atoms with E-state index in [2.05, 4.69) is 6.92 Å². The quantitative estimate of drug-likeness (QED) is 0.753. The van der Waals surface area contributed by atoms with E-state index in [9.17, 15) is 4.79 Å². The summed E-state index contributed by atoms with van der Waals surface area (Å²) >= 11 is 0. The van der Waals surface area contributed by atoms with E-state index in [-0.39, 0.29) is 5.91 Å². The predicted octanol–water partition coefficient (Wildman–Crippen LogP) is 1.64. The van der Waals surface area contributed by atoms with Crippen LogP contribution < -0.4 is 5.73 Å². The minimum atomic E-state index is 0.269. The zero-order valence-electron chi connectivity index (χ0n) is 11.9. The highest BCUT2D eigenvalue weighted by atomic mass is 16.5. The van der Waals surface area contributed by atoms with Gasteiger partial charge in [0.2, 0.25) is 5.91 Å². The molecule has 0 aromatic rings. The second kappa shape index (κ2) is 8.48. The van der Waals surface area contributed by atoms with Crippen LogP contribution >= 0.6 is 0 Å². The lowest BCUT2D eigenvalue weighted by Crippen LogP contribution is -2.34. The molecule has 1 rings (SSSR count). The summed E-state index contributed by atoms with van der Waals surface area (Å²) in [4.78, 5) is 13.9. The molecule has 1 aliphatic heterocycles. The Morgan fingerprint density at radius 2 is 2.06 bits per heavy atom. The smallest absolute Gasteiger partial charge is 0.222 e. The molecule has 0 radical (unpaired) electrons. The third-order valence-electron chi connectivity index (χ3n) is 3.81. The van der Waals surface area contributed by atoms with E-state index >= 15 is 0 Å². The van der Waals surface area contributed by atoms with E-state index < -0.39 is 0 Å². The second-order valence-electron chi connectivity index (χ2n) is 5.55. The third kappa shape index (κ3) is 5.83. The first-order chi connectivity index (χ1) is 8.63. The Balaban J connectivity index is 2.19. The maximum Gasteiger partial charge on any atom is 0.222 e. The summed E-state index contributed by atoms with van der Waals surface area (Å²) in [7, 11) is 1.92. The Hall–Kier alpha value is -0.610. The van der Waals surface area contributed by atoms with Gasteiger partial charge in [-0.1, -0.05) is 6.92 Å². The van der Waals surface area contributed by atoms with Gasteiger partial charge in [0, 0.05) is 33.2 Å². The second-order valence-corrected chi connectivity index (χ2v) is 5.55. The SMILES string of the molecule is CC(CCN)CCC(=O)N(C)CC1CCOCC1. The van der Waals surface area contributed by atoms with Crippen LogP contribution in [0.25, 0.3) is 0 Å². The number of hydrogen-bond donors (Lipinski definition) is 1. The summed E-state index contributed by atoms with van der Waals surface area (Å²) in [6.45, 7) is 5.46. The van der Waals surface area contributed by atoms with Crippen molar-refractivity contribution in [1.82, 2.24) is 4.90 Å². The molecule has 0 aromatic heterocycles. The fraction of sp³-hybridized carbons (Fsp3) is 0.929. The van der Waals surface area contributed by atoms with Crippen LogP contribution in [0.15, 0.2) is 0 Å². The molecule has 0 saturated carbocycles. The van der Waals surface area contributed by atoms with Crippen molar-refractivity contribution in [3.63, 3.8) is 0 Å². The molecule has 1 aliphatic rings. The molecule has 1 atom stereocenters. The first kappa shape index (κ1) is 15.4. The minimum Gasteiger partial charge on any atom is -0.381 e. The Kier molecular flexibility index (Phi) is 7.28. The van der Waals surface area contributed by atoms with Crippen molar-refractivity contribution in [1.29, 1.82) is 0 Å². The summed E-state index contributed by atoms with van der Waals surface area (Å²) in [5.41, 5.74) is 5.51. The molecule has 1 fully saturated rings. The minimum absolute atomic E-state index is 0.269. The maximum atomic E-state index is 12.0.